The molecule has 4 fully saturated rings. The van der Waals surface area contributed by atoms with Crippen LogP contribution in [0.5, 0.6) is 0 Å². The predicted molar refractivity (Wildman–Crippen MR) is 50.7 cm³/mol. The summed E-state index contributed by atoms with van der Waals surface area (Å²) < 4.78 is 0. The van der Waals surface area contributed by atoms with Crippen LogP contribution in [0.1, 0.15) is 32.1 Å². The quantitative estimate of drug-likeness (QED) is 0.517. The van der Waals surface area contributed by atoms with Crippen LogP contribution >= 0.6 is 0 Å². The molecule has 0 aromatic carbocycles. The van der Waals surface area contributed by atoms with E-state index in [2.05, 4.69) is 12.6 Å². The van der Waals surface area contributed by atoms with Crippen LogP contribution in [0, 0.1) is 34.5 Å². The summed E-state index contributed by atoms with van der Waals surface area (Å²) in [5, 5.41) is 9.24. The summed E-state index contributed by atoms with van der Waals surface area (Å²) in [6.45, 7) is 4.21. The molecule has 2 unspecified atom stereocenters. The molecule has 0 radical (unpaired) electrons. The summed E-state index contributed by atoms with van der Waals surface area (Å²) in [6.07, 6.45) is 6.09. The van der Waals surface area contributed by atoms with Gasteiger partial charge in [-0.1, -0.05) is 12.2 Å². The van der Waals surface area contributed by atoms with Gasteiger partial charge in [-0.15, -0.1) is 0 Å². The first kappa shape index (κ1) is 7.62. The van der Waals surface area contributed by atoms with Gasteiger partial charge >= 0.3 is 0 Å². The van der Waals surface area contributed by atoms with Crippen molar-refractivity contribution in [1.29, 1.82) is 5.26 Å². The Kier molecular flexibility index (Phi) is 1.28. The summed E-state index contributed by atoms with van der Waals surface area (Å²) in [6, 6.07) is 2.59. The lowest BCUT2D eigenvalue weighted by molar-refractivity contribution is 0.0251. The molecule has 4 saturated carbocycles. The molecule has 68 valence electrons. The van der Waals surface area contributed by atoms with Crippen molar-refractivity contribution in [2.24, 2.45) is 23.2 Å². The van der Waals surface area contributed by atoms with Gasteiger partial charge in [0.15, 0.2) is 0 Å². The summed E-state index contributed by atoms with van der Waals surface area (Å²) in [5.74, 6) is 2.25. The van der Waals surface area contributed by atoms with Gasteiger partial charge in [-0.3, -0.25) is 0 Å². The van der Waals surface area contributed by atoms with Crippen molar-refractivity contribution in [3.8, 4) is 6.07 Å². The number of nitrogens with zero attached hydrogens (tertiary/aromatic N) is 1. The maximum absolute atomic E-state index is 9.24. The minimum absolute atomic E-state index is 0.0672. The molecular formula is C12H15N. The number of rotatable bonds is 0. The average molecular weight is 173 g/mol. The predicted octanol–water partition coefficient (Wildman–Crippen LogP) is 2.89. The highest BCUT2D eigenvalue weighted by Gasteiger charge is 2.52. The van der Waals surface area contributed by atoms with Crippen LogP contribution < -0.4 is 0 Å². The fourth-order valence-corrected chi connectivity index (χ4v) is 4.02. The maximum Gasteiger partial charge on any atom is 0.0690 e. The van der Waals surface area contributed by atoms with E-state index in [1.54, 1.807) is 0 Å². The minimum Gasteiger partial charge on any atom is -0.198 e. The second kappa shape index (κ2) is 2.18. The molecule has 4 aliphatic carbocycles. The lowest BCUT2D eigenvalue weighted by atomic mass is 9.49. The molecule has 4 rings (SSSR count). The molecule has 13 heavy (non-hydrogen) atoms. The van der Waals surface area contributed by atoms with Crippen molar-refractivity contribution in [2.75, 3.05) is 0 Å². The normalized spacial score (nSPS) is 52.2. The van der Waals surface area contributed by atoms with E-state index in [1.165, 1.54) is 24.8 Å². The van der Waals surface area contributed by atoms with Crippen molar-refractivity contribution < 1.29 is 0 Å². The van der Waals surface area contributed by atoms with Crippen LogP contribution in [0.4, 0.5) is 0 Å². The Hall–Kier alpha value is -0.770. The largest absolute Gasteiger partial charge is 0.198 e. The summed E-state index contributed by atoms with van der Waals surface area (Å²) in [7, 11) is 0. The van der Waals surface area contributed by atoms with E-state index < -0.39 is 0 Å². The Bertz CT molecular complexity index is 292. The van der Waals surface area contributed by atoms with E-state index in [1.807, 2.05) is 0 Å². The minimum atomic E-state index is 0.0672. The standard InChI is InChI=1S/C12H15N/c1-8-10-2-9-3-11(8)6-12(4-9,5-10)7-13/h9-11H,1-6H2. The van der Waals surface area contributed by atoms with Crippen molar-refractivity contribution in [3.05, 3.63) is 12.2 Å². The lowest BCUT2D eigenvalue weighted by Crippen LogP contribution is -2.46. The molecule has 2 atom stereocenters. The molecule has 0 N–H and O–H groups in total. The van der Waals surface area contributed by atoms with Gasteiger partial charge in [0.25, 0.3) is 0 Å². The molecule has 0 saturated heterocycles. The first-order chi connectivity index (χ1) is 6.22. The molecule has 1 heteroatoms. The smallest absolute Gasteiger partial charge is 0.0690 e. The second-order valence-electron chi connectivity index (χ2n) is 5.31. The van der Waals surface area contributed by atoms with Crippen molar-refractivity contribution in [2.45, 2.75) is 32.1 Å². The highest BCUT2D eigenvalue weighted by Crippen LogP contribution is 2.61. The van der Waals surface area contributed by atoms with Crippen molar-refractivity contribution >= 4 is 0 Å². The van der Waals surface area contributed by atoms with E-state index >= 15 is 0 Å². The average Bonchev–Trinajstić information content (AvgIpc) is 2.13. The summed E-state index contributed by atoms with van der Waals surface area (Å²) in [4.78, 5) is 0. The van der Waals surface area contributed by atoms with Crippen LogP contribution in [-0.2, 0) is 0 Å². The zero-order valence-corrected chi connectivity index (χ0v) is 7.92. The Labute approximate surface area is 79.4 Å². The van der Waals surface area contributed by atoms with Crippen LogP contribution in [0.3, 0.4) is 0 Å². The van der Waals surface area contributed by atoms with Gasteiger partial charge in [-0.2, -0.15) is 5.26 Å². The third kappa shape index (κ3) is 0.866. The summed E-state index contributed by atoms with van der Waals surface area (Å²) >= 11 is 0. The molecule has 0 aromatic heterocycles. The molecule has 1 nitrogen and oxygen atoms in total. The second-order valence-corrected chi connectivity index (χ2v) is 5.31. The van der Waals surface area contributed by atoms with Gasteiger partial charge in [0.05, 0.1) is 11.5 Å². The van der Waals surface area contributed by atoms with E-state index in [0.717, 1.165) is 18.8 Å². The first-order valence-corrected chi connectivity index (χ1v) is 5.32. The Morgan fingerprint density at radius 2 is 1.85 bits per heavy atom. The van der Waals surface area contributed by atoms with Gasteiger partial charge in [-0.05, 0) is 49.9 Å². The highest BCUT2D eigenvalue weighted by atomic mass is 14.6. The van der Waals surface area contributed by atoms with E-state index in [-0.39, 0.29) is 5.41 Å². The Balaban J connectivity index is 2.01. The van der Waals surface area contributed by atoms with Gasteiger partial charge < -0.3 is 0 Å². The van der Waals surface area contributed by atoms with Gasteiger partial charge in [0.1, 0.15) is 0 Å². The fraction of sp³-hybridized carbons (Fsp3) is 0.750. The molecule has 0 spiro atoms. The third-order valence-corrected chi connectivity index (χ3v) is 4.48. The Morgan fingerprint density at radius 1 is 1.23 bits per heavy atom. The van der Waals surface area contributed by atoms with E-state index in [9.17, 15) is 5.26 Å². The molecule has 4 aliphatic rings. The SMILES string of the molecule is C=C1C2CC3CC1CC(C#N)(C3)C2. The van der Waals surface area contributed by atoms with Gasteiger partial charge in [-0.25, -0.2) is 0 Å². The first-order valence-electron chi connectivity index (χ1n) is 5.32. The van der Waals surface area contributed by atoms with Gasteiger partial charge in [0.2, 0.25) is 0 Å². The number of hydrogen-bond donors (Lipinski definition) is 0. The Morgan fingerprint density at radius 3 is 2.38 bits per heavy atom. The zero-order valence-electron chi connectivity index (χ0n) is 7.92. The van der Waals surface area contributed by atoms with Crippen molar-refractivity contribution in [3.63, 3.8) is 0 Å². The number of nitriles is 1. The fourth-order valence-electron chi connectivity index (χ4n) is 4.02. The summed E-state index contributed by atoms with van der Waals surface area (Å²) in [5.41, 5.74) is 1.54. The van der Waals surface area contributed by atoms with Crippen molar-refractivity contribution in [1.82, 2.24) is 0 Å². The van der Waals surface area contributed by atoms with Gasteiger partial charge in [0, 0.05) is 0 Å². The molecule has 0 aliphatic heterocycles. The molecule has 0 amide bonds. The monoisotopic (exact) mass is 173 g/mol. The van der Waals surface area contributed by atoms with Crippen LogP contribution in [-0.4, -0.2) is 0 Å². The highest BCUT2D eigenvalue weighted by molar-refractivity contribution is 5.23. The molecular weight excluding hydrogens is 158 g/mol. The zero-order chi connectivity index (χ0) is 9.05. The van der Waals surface area contributed by atoms with Crippen LogP contribution in [0.25, 0.3) is 0 Å². The van der Waals surface area contributed by atoms with E-state index in [4.69, 9.17) is 0 Å². The van der Waals surface area contributed by atoms with Crippen LogP contribution in [0.2, 0.25) is 0 Å². The number of hydrogen-bond acceptors (Lipinski definition) is 1. The number of allylic oxidation sites excluding steroid dienone is 1. The lowest BCUT2D eigenvalue weighted by Gasteiger charge is -2.54. The maximum atomic E-state index is 9.24. The van der Waals surface area contributed by atoms with E-state index in [0.29, 0.717) is 11.8 Å². The molecule has 4 bridgehead atoms. The third-order valence-electron chi connectivity index (χ3n) is 4.48. The molecule has 0 heterocycles. The topological polar surface area (TPSA) is 23.8 Å². The molecule has 0 aromatic rings. The van der Waals surface area contributed by atoms with Crippen LogP contribution in [0.15, 0.2) is 12.2 Å².